The second-order valence-electron chi connectivity index (χ2n) is 5.87. The van der Waals surface area contributed by atoms with Gasteiger partial charge in [0.2, 0.25) is 10.0 Å². The van der Waals surface area contributed by atoms with Gasteiger partial charge >= 0.3 is 0 Å². The van der Waals surface area contributed by atoms with Crippen molar-refractivity contribution in [3.8, 4) is 0 Å². The Kier molecular flexibility index (Phi) is 5.29. The van der Waals surface area contributed by atoms with Crippen molar-refractivity contribution in [1.29, 1.82) is 0 Å². The van der Waals surface area contributed by atoms with E-state index in [0.29, 0.717) is 22.7 Å². The van der Waals surface area contributed by atoms with Crippen molar-refractivity contribution >= 4 is 48.3 Å². The van der Waals surface area contributed by atoms with Gasteiger partial charge in [-0.3, -0.25) is 10.1 Å². The van der Waals surface area contributed by atoms with Crippen LogP contribution in [0.1, 0.15) is 33.8 Å². The molecule has 3 rings (SSSR count). The summed E-state index contributed by atoms with van der Waals surface area (Å²) in [4.78, 5) is 18.0. The zero-order valence-corrected chi connectivity index (χ0v) is 17.1. The number of amides is 1. The van der Waals surface area contributed by atoms with Gasteiger partial charge in [0.1, 0.15) is 0 Å². The van der Waals surface area contributed by atoms with Crippen LogP contribution >= 0.6 is 27.3 Å². The van der Waals surface area contributed by atoms with Crippen molar-refractivity contribution in [1.82, 2.24) is 9.29 Å². The number of carbonyl (C=O) groups excluding carboxylic acids is 1. The number of anilines is 1. The SMILES string of the molecule is Cc1nc(NC(=O)c2cc(S(=O)(=O)N3CCCC3)ccc2Br)sc1C. The number of benzene rings is 1. The van der Waals surface area contributed by atoms with Gasteiger partial charge in [0.15, 0.2) is 5.13 Å². The molecule has 1 fully saturated rings. The van der Waals surface area contributed by atoms with E-state index in [2.05, 4.69) is 26.2 Å². The Morgan fingerprint density at radius 1 is 1.28 bits per heavy atom. The molecule has 6 nitrogen and oxygen atoms in total. The van der Waals surface area contributed by atoms with E-state index in [9.17, 15) is 13.2 Å². The van der Waals surface area contributed by atoms with Gasteiger partial charge in [0, 0.05) is 22.4 Å². The minimum absolute atomic E-state index is 0.134. The van der Waals surface area contributed by atoms with E-state index in [1.807, 2.05) is 13.8 Å². The van der Waals surface area contributed by atoms with Gasteiger partial charge in [-0.2, -0.15) is 4.31 Å². The zero-order valence-electron chi connectivity index (χ0n) is 13.9. The minimum atomic E-state index is -3.57. The summed E-state index contributed by atoms with van der Waals surface area (Å²) < 4.78 is 27.4. The molecule has 134 valence electrons. The molecule has 0 aliphatic carbocycles. The number of rotatable bonds is 4. The quantitative estimate of drug-likeness (QED) is 0.782. The lowest BCUT2D eigenvalue weighted by Gasteiger charge is -2.16. The average molecular weight is 444 g/mol. The van der Waals surface area contributed by atoms with Gasteiger partial charge in [-0.1, -0.05) is 0 Å². The normalized spacial score (nSPS) is 15.5. The van der Waals surface area contributed by atoms with Crippen LogP contribution in [0.2, 0.25) is 0 Å². The summed E-state index contributed by atoms with van der Waals surface area (Å²) in [5, 5.41) is 3.24. The zero-order chi connectivity index (χ0) is 18.2. The molecule has 2 aromatic rings. The Morgan fingerprint density at radius 3 is 2.56 bits per heavy atom. The molecule has 0 saturated carbocycles. The number of aryl methyl sites for hydroxylation is 2. The molecule has 1 aliphatic rings. The topological polar surface area (TPSA) is 79.4 Å². The molecule has 0 spiro atoms. The third-order valence-corrected chi connectivity index (χ3v) is 7.71. The first-order valence-corrected chi connectivity index (χ1v) is 10.9. The highest BCUT2D eigenvalue weighted by Crippen LogP contribution is 2.27. The molecular weight excluding hydrogens is 426 g/mol. The van der Waals surface area contributed by atoms with Crippen LogP contribution in [0.15, 0.2) is 27.6 Å². The molecule has 1 aromatic carbocycles. The van der Waals surface area contributed by atoms with Crippen molar-refractivity contribution in [2.45, 2.75) is 31.6 Å². The fourth-order valence-corrected chi connectivity index (χ4v) is 5.39. The first-order valence-electron chi connectivity index (χ1n) is 7.84. The van der Waals surface area contributed by atoms with Gasteiger partial charge in [0.25, 0.3) is 5.91 Å². The maximum absolute atomic E-state index is 12.7. The summed E-state index contributed by atoms with van der Waals surface area (Å²) in [6.45, 7) is 4.86. The molecule has 0 radical (unpaired) electrons. The van der Waals surface area contributed by atoms with Crippen LogP contribution < -0.4 is 5.32 Å². The van der Waals surface area contributed by atoms with E-state index < -0.39 is 10.0 Å². The summed E-state index contributed by atoms with van der Waals surface area (Å²) in [6.07, 6.45) is 1.73. The summed E-state index contributed by atoms with van der Waals surface area (Å²) in [6, 6.07) is 4.53. The standard InChI is InChI=1S/C16H18BrN3O3S2/c1-10-11(2)24-16(18-10)19-15(21)13-9-12(5-6-14(13)17)25(22,23)20-7-3-4-8-20/h5-6,9H,3-4,7-8H2,1-2H3,(H,18,19,21). The number of nitrogens with one attached hydrogen (secondary N) is 1. The van der Waals surface area contributed by atoms with Crippen LogP contribution in [-0.2, 0) is 10.0 Å². The molecule has 0 unspecified atom stereocenters. The van der Waals surface area contributed by atoms with Crippen LogP contribution in [0, 0.1) is 13.8 Å². The lowest BCUT2D eigenvalue weighted by molar-refractivity contribution is 0.102. The number of nitrogens with zero attached hydrogens (tertiary/aromatic N) is 2. The number of halogens is 1. The van der Waals surface area contributed by atoms with Crippen LogP contribution in [0.3, 0.4) is 0 Å². The van der Waals surface area contributed by atoms with Crippen LogP contribution in [0.25, 0.3) is 0 Å². The Labute approximate surface area is 159 Å². The monoisotopic (exact) mass is 443 g/mol. The van der Waals surface area contributed by atoms with E-state index in [-0.39, 0.29) is 16.4 Å². The Hall–Kier alpha value is -1.29. The smallest absolute Gasteiger partial charge is 0.258 e. The highest BCUT2D eigenvalue weighted by molar-refractivity contribution is 9.10. The predicted octanol–water partition coefficient (Wildman–Crippen LogP) is 3.56. The fraction of sp³-hybridized carbons (Fsp3) is 0.375. The summed E-state index contributed by atoms with van der Waals surface area (Å²) >= 11 is 4.72. The maximum atomic E-state index is 12.7. The molecule has 1 aromatic heterocycles. The van der Waals surface area contributed by atoms with Gasteiger partial charge in [-0.25, -0.2) is 13.4 Å². The average Bonchev–Trinajstić information content (AvgIpc) is 3.18. The number of thiazole rings is 1. The van der Waals surface area contributed by atoms with Crippen LogP contribution in [-0.4, -0.2) is 36.7 Å². The van der Waals surface area contributed by atoms with E-state index in [1.165, 1.54) is 27.8 Å². The molecule has 0 atom stereocenters. The highest BCUT2D eigenvalue weighted by Gasteiger charge is 2.28. The number of hydrogen-bond donors (Lipinski definition) is 1. The van der Waals surface area contributed by atoms with E-state index >= 15 is 0 Å². The molecule has 0 bridgehead atoms. The van der Waals surface area contributed by atoms with Gasteiger partial charge in [-0.15, -0.1) is 11.3 Å². The van der Waals surface area contributed by atoms with Crippen LogP contribution in [0.4, 0.5) is 5.13 Å². The van der Waals surface area contributed by atoms with Gasteiger partial charge in [0.05, 0.1) is 16.2 Å². The van der Waals surface area contributed by atoms with Crippen molar-refractivity contribution in [3.05, 3.63) is 38.8 Å². The fourth-order valence-electron chi connectivity index (χ4n) is 2.61. The van der Waals surface area contributed by atoms with E-state index in [0.717, 1.165) is 23.4 Å². The van der Waals surface area contributed by atoms with Crippen molar-refractivity contribution in [3.63, 3.8) is 0 Å². The van der Waals surface area contributed by atoms with Gasteiger partial charge in [-0.05, 0) is 60.8 Å². The molecule has 2 heterocycles. The molecule has 1 aliphatic heterocycles. The van der Waals surface area contributed by atoms with Crippen molar-refractivity contribution in [2.24, 2.45) is 0 Å². The van der Waals surface area contributed by atoms with E-state index in [4.69, 9.17) is 0 Å². The Bertz CT molecular complexity index is 899. The second kappa shape index (κ2) is 7.14. The molecule has 1 N–H and O–H groups in total. The third-order valence-electron chi connectivity index (χ3n) is 4.13. The summed E-state index contributed by atoms with van der Waals surface area (Å²) in [5.74, 6) is -0.390. The van der Waals surface area contributed by atoms with Crippen molar-refractivity contribution in [2.75, 3.05) is 18.4 Å². The number of aromatic nitrogens is 1. The lowest BCUT2D eigenvalue weighted by Crippen LogP contribution is -2.28. The largest absolute Gasteiger partial charge is 0.298 e. The Morgan fingerprint density at radius 2 is 1.96 bits per heavy atom. The number of carbonyl (C=O) groups is 1. The Balaban J connectivity index is 1.89. The second-order valence-corrected chi connectivity index (χ2v) is 9.86. The molecule has 25 heavy (non-hydrogen) atoms. The summed E-state index contributed by atoms with van der Waals surface area (Å²) in [7, 11) is -3.57. The predicted molar refractivity (Wildman–Crippen MR) is 102 cm³/mol. The third kappa shape index (κ3) is 3.79. The summed E-state index contributed by atoms with van der Waals surface area (Å²) in [5.41, 5.74) is 1.13. The van der Waals surface area contributed by atoms with Crippen LogP contribution in [0.5, 0.6) is 0 Å². The molecular formula is C16H18BrN3O3S2. The molecule has 9 heteroatoms. The van der Waals surface area contributed by atoms with E-state index in [1.54, 1.807) is 6.07 Å². The highest BCUT2D eigenvalue weighted by atomic mass is 79.9. The molecule has 1 amide bonds. The molecule has 1 saturated heterocycles. The van der Waals surface area contributed by atoms with Gasteiger partial charge < -0.3 is 0 Å². The first-order chi connectivity index (χ1) is 11.8. The number of hydrogen-bond acceptors (Lipinski definition) is 5. The maximum Gasteiger partial charge on any atom is 0.258 e. The van der Waals surface area contributed by atoms with Crippen molar-refractivity contribution < 1.29 is 13.2 Å². The first kappa shape index (κ1) is 18.5. The lowest BCUT2D eigenvalue weighted by atomic mass is 10.2. The number of sulfonamides is 1. The minimum Gasteiger partial charge on any atom is -0.298 e.